The molecule has 3 heterocycles. The van der Waals surface area contributed by atoms with Crippen LogP contribution in [0.2, 0.25) is 0 Å². The third-order valence-corrected chi connectivity index (χ3v) is 4.30. The summed E-state index contributed by atoms with van der Waals surface area (Å²) in [6.45, 7) is 1.81. The monoisotopic (exact) mass is 343 g/mol. The number of aromatic nitrogens is 2. The van der Waals surface area contributed by atoms with E-state index in [2.05, 4.69) is 14.9 Å². The van der Waals surface area contributed by atoms with E-state index >= 15 is 0 Å². The third-order valence-electron chi connectivity index (χ3n) is 4.30. The highest BCUT2D eigenvalue weighted by Crippen LogP contribution is 2.31. The fourth-order valence-corrected chi connectivity index (χ4v) is 3.06. The van der Waals surface area contributed by atoms with Gasteiger partial charge >= 0.3 is 0 Å². The second-order valence-electron chi connectivity index (χ2n) is 6.06. The zero-order valence-corrected chi connectivity index (χ0v) is 13.3. The highest BCUT2D eigenvalue weighted by Gasteiger charge is 2.27. The van der Waals surface area contributed by atoms with E-state index in [-0.39, 0.29) is 17.9 Å². The average Bonchev–Trinajstić information content (AvgIpc) is 3.13. The molecule has 128 valence electrons. The Kier molecular flexibility index (Phi) is 3.91. The van der Waals surface area contributed by atoms with Crippen LogP contribution in [0.15, 0.2) is 30.1 Å². The molecule has 0 atom stereocenters. The van der Waals surface area contributed by atoms with Gasteiger partial charge < -0.3 is 9.64 Å². The number of rotatable bonds is 2. The van der Waals surface area contributed by atoms with Crippen molar-refractivity contribution in [1.29, 1.82) is 0 Å². The lowest BCUT2D eigenvalue weighted by molar-refractivity contribution is 0.0997. The first-order chi connectivity index (χ1) is 12.1. The van der Waals surface area contributed by atoms with Gasteiger partial charge in [-0.05, 0) is 25.0 Å². The second-order valence-corrected chi connectivity index (χ2v) is 6.06. The van der Waals surface area contributed by atoms with E-state index in [1.807, 2.05) is 0 Å². The molecule has 7 heteroatoms. The Bertz CT molecular complexity index is 859. The van der Waals surface area contributed by atoms with Crippen molar-refractivity contribution in [1.82, 2.24) is 9.97 Å². The van der Waals surface area contributed by atoms with Crippen LogP contribution in [-0.4, -0.2) is 35.4 Å². The number of benzene rings is 1. The SMILES string of the molecule is O=C1/C(=C\c2cnc(N3CCCC3)nc2)COc2c(F)cc(F)cc21. The number of nitrogens with zero attached hydrogens (tertiary/aromatic N) is 3. The van der Waals surface area contributed by atoms with Gasteiger partial charge in [-0.25, -0.2) is 18.7 Å². The van der Waals surface area contributed by atoms with Crippen molar-refractivity contribution in [3.8, 4) is 5.75 Å². The molecule has 2 aliphatic rings. The number of ether oxygens (including phenoxy) is 1. The molecule has 0 bridgehead atoms. The van der Waals surface area contributed by atoms with Gasteiger partial charge in [0.15, 0.2) is 17.3 Å². The minimum Gasteiger partial charge on any atom is -0.485 e. The van der Waals surface area contributed by atoms with E-state index in [0.29, 0.717) is 23.2 Å². The van der Waals surface area contributed by atoms with E-state index in [0.717, 1.165) is 32.0 Å². The summed E-state index contributed by atoms with van der Waals surface area (Å²) < 4.78 is 32.4. The van der Waals surface area contributed by atoms with Crippen LogP contribution in [0.1, 0.15) is 28.8 Å². The molecule has 1 aromatic carbocycles. The molecule has 1 saturated heterocycles. The second kappa shape index (κ2) is 6.23. The van der Waals surface area contributed by atoms with Crippen molar-refractivity contribution in [3.63, 3.8) is 0 Å². The average molecular weight is 343 g/mol. The lowest BCUT2D eigenvalue weighted by Crippen LogP contribution is -2.21. The van der Waals surface area contributed by atoms with Crippen LogP contribution in [0.4, 0.5) is 14.7 Å². The number of halogens is 2. The highest BCUT2D eigenvalue weighted by molar-refractivity contribution is 6.14. The zero-order chi connectivity index (χ0) is 17.4. The van der Waals surface area contributed by atoms with Gasteiger partial charge in [-0.15, -0.1) is 0 Å². The van der Waals surface area contributed by atoms with E-state index < -0.39 is 17.4 Å². The van der Waals surface area contributed by atoms with Gasteiger partial charge in [-0.1, -0.05) is 0 Å². The number of carbonyl (C=O) groups is 1. The summed E-state index contributed by atoms with van der Waals surface area (Å²) in [6.07, 6.45) is 7.11. The summed E-state index contributed by atoms with van der Waals surface area (Å²) in [5.74, 6) is -1.68. The Morgan fingerprint density at radius 2 is 1.84 bits per heavy atom. The predicted octanol–water partition coefficient (Wildman–Crippen LogP) is 3.01. The van der Waals surface area contributed by atoms with Gasteiger partial charge in [0.05, 0.1) is 5.56 Å². The van der Waals surface area contributed by atoms with Gasteiger partial charge in [-0.3, -0.25) is 4.79 Å². The van der Waals surface area contributed by atoms with Crippen LogP contribution < -0.4 is 9.64 Å². The maximum Gasteiger partial charge on any atom is 0.225 e. The summed E-state index contributed by atoms with van der Waals surface area (Å²) >= 11 is 0. The van der Waals surface area contributed by atoms with Crippen molar-refractivity contribution in [2.24, 2.45) is 0 Å². The molecular weight excluding hydrogens is 328 g/mol. The van der Waals surface area contributed by atoms with Crippen molar-refractivity contribution >= 4 is 17.8 Å². The van der Waals surface area contributed by atoms with Crippen molar-refractivity contribution in [3.05, 3.63) is 52.9 Å². The summed E-state index contributed by atoms with van der Waals surface area (Å²) in [6, 6.07) is 1.69. The Labute approximate surface area is 143 Å². The van der Waals surface area contributed by atoms with Crippen LogP contribution >= 0.6 is 0 Å². The zero-order valence-electron chi connectivity index (χ0n) is 13.3. The summed E-state index contributed by atoms with van der Waals surface area (Å²) in [4.78, 5) is 23.2. The van der Waals surface area contributed by atoms with E-state index in [4.69, 9.17) is 4.74 Å². The molecule has 0 radical (unpaired) electrons. The van der Waals surface area contributed by atoms with Crippen LogP contribution in [0.5, 0.6) is 5.75 Å². The minimum absolute atomic E-state index is 0.0811. The fraction of sp³-hybridized carbons (Fsp3) is 0.278. The van der Waals surface area contributed by atoms with E-state index in [1.54, 1.807) is 18.5 Å². The Balaban J connectivity index is 1.60. The van der Waals surface area contributed by atoms with Crippen molar-refractivity contribution < 1.29 is 18.3 Å². The first-order valence-electron chi connectivity index (χ1n) is 8.06. The van der Waals surface area contributed by atoms with Gasteiger partial charge in [0.2, 0.25) is 5.95 Å². The number of hydrogen-bond donors (Lipinski definition) is 0. The molecule has 0 amide bonds. The molecule has 0 N–H and O–H groups in total. The maximum atomic E-state index is 13.7. The van der Waals surface area contributed by atoms with Crippen LogP contribution in [0.3, 0.4) is 0 Å². The number of ketones is 1. The summed E-state index contributed by atoms with van der Waals surface area (Å²) in [5, 5.41) is 0. The van der Waals surface area contributed by atoms with Gasteiger partial charge in [0, 0.05) is 42.7 Å². The Morgan fingerprint density at radius 1 is 1.12 bits per heavy atom. The lowest BCUT2D eigenvalue weighted by Gasteiger charge is -2.19. The first kappa shape index (κ1) is 15.7. The smallest absolute Gasteiger partial charge is 0.225 e. The van der Waals surface area contributed by atoms with E-state index in [1.165, 1.54) is 0 Å². The number of carbonyl (C=O) groups excluding carboxylic acids is 1. The third kappa shape index (κ3) is 2.97. The van der Waals surface area contributed by atoms with Gasteiger partial charge in [-0.2, -0.15) is 0 Å². The topological polar surface area (TPSA) is 55.3 Å². The van der Waals surface area contributed by atoms with Gasteiger partial charge in [0.1, 0.15) is 12.4 Å². The molecule has 2 aliphatic heterocycles. The normalized spacial score (nSPS) is 18.4. The largest absolute Gasteiger partial charge is 0.485 e. The van der Waals surface area contributed by atoms with Crippen molar-refractivity contribution in [2.75, 3.05) is 24.6 Å². The quantitative estimate of drug-likeness (QED) is 0.785. The molecule has 0 aliphatic carbocycles. The highest BCUT2D eigenvalue weighted by atomic mass is 19.1. The number of Topliss-reactive ketones (excluding diaryl/α,β-unsaturated/α-hetero) is 1. The molecule has 2 aromatic rings. The standard InChI is InChI=1S/C18H15F2N3O2/c19-13-6-14-16(24)12(10-25-17(14)15(20)7-13)5-11-8-21-18(22-9-11)23-3-1-2-4-23/h5-9H,1-4,10H2/b12-5-. The minimum atomic E-state index is -0.874. The molecule has 5 nitrogen and oxygen atoms in total. The first-order valence-corrected chi connectivity index (χ1v) is 8.06. The molecule has 25 heavy (non-hydrogen) atoms. The summed E-state index contributed by atoms with van der Waals surface area (Å²) in [7, 11) is 0. The molecule has 0 saturated carbocycles. The molecule has 0 unspecified atom stereocenters. The van der Waals surface area contributed by atoms with Crippen LogP contribution in [-0.2, 0) is 0 Å². The van der Waals surface area contributed by atoms with Crippen LogP contribution in [0.25, 0.3) is 6.08 Å². The Morgan fingerprint density at radius 3 is 2.56 bits per heavy atom. The number of fused-ring (bicyclic) bond motifs is 1. The van der Waals surface area contributed by atoms with E-state index in [9.17, 15) is 13.6 Å². The van der Waals surface area contributed by atoms with Gasteiger partial charge in [0.25, 0.3) is 0 Å². The van der Waals surface area contributed by atoms with Crippen LogP contribution in [0, 0.1) is 11.6 Å². The maximum absolute atomic E-state index is 13.7. The number of hydrogen-bond acceptors (Lipinski definition) is 5. The molecule has 4 rings (SSSR count). The predicted molar refractivity (Wildman–Crippen MR) is 87.6 cm³/mol. The van der Waals surface area contributed by atoms with Crippen molar-refractivity contribution in [2.45, 2.75) is 12.8 Å². The molecular formula is C18H15F2N3O2. The molecule has 0 spiro atoms. The fourth-order valence-electron chi connectivity index (χ4n) is 3.06. The lowest BCUT2D eigenvalue weighted by atomic mass is 9.98. The Hall–Kier alpha value is -2.83. The molecule has 1 fully saturated rings. The molecule has 1 aromatic heterocycles. The number of anilines is 1. The summed E-state index contributed by atoms with van der Waals surface area (Å²) in [5.41, 5.74) is 0.829.